The van der Waals surface area contributed by atoms with E-state index < -0.39 is 11.7 Å². The van der Waals surface area contributed by atoms with Crippen molar-refractivity contribution in [2.24, 2.45) is 5.92 Å². The molecule has 0 atom stereocenters. The van der Waals surface area contributed by atoms with Crippen molar-refractivity contribution in [3.8, 4) is 0 Å². The van der Waals surface area contributed by atoms with Crippen LogP contribution in [0, 0.1) is 5.92 Å². The Labute approximate surface area is 122 Å². The molecule has 0 spiro atoms. The number of nitrogens with zero attached hydrogens (tertiary/aromatic N) is 2. The number of halogens is 3. The molecule has 1 heterocycles. The van der Waals surface area contributed by atoms with Crippen molar-refractivity contribution in [1.82, 2.24) is 4.90 Å². The van der Waals surface area contributed by atoms with Crippen molar-refractivity contribution in [1.29, 1.82) is 0 Å². The summed E-state index contributed by atoms with van der Waals surface area (Å²) in [7, 11) is 1.76. The largest absolute Gasteiger partial charge is 0.416 e. The first-order chi connectivity index (χ1) is 9.90. The molecule has 21 heavy (non-hydrogen) atoms. The number of hydrogen-bond acceptors (Lipinski definition) is 2. The summed E-state index contributed by atoms with van der Waals surface area (Å²) in [5.74, 6) is 0.464. The summed E-state index contributed by atoms with van der Waals surface area (Å²) < 4.78 is 37.6. The zero-order chi connectivity index (χ0) is 15.5. The zero-order valence-corrected chi connectivity index (χ0v) is 11.9. The molecule has 0 unspecified atom stereocenters. The van der Waals surface area contributed by atoms with Crippen molar-refractivity contribution in [2.45, 2.75) is 19.0 Å². The molecule has 2 rings (SSSR count). The number of amides is 1. The average molecular weight is 300 g/mol. The summed E-state index contributed by atoms with van der Waals surface area (Å²) >= 11 is 0. The highest BCUT2D eigenvalue weighted by Crippen LogP contribution is 2.31. The van der Waals surface area contributed by atoms with Gasteiger partial charge in [0.25, 0.3) is 0 Å². The zero-order valence-electron chi connectivity index (χ0n) is 11.9. The minimum absolute atomic E-state index is 0.464. The first kappa shape index (κ1) is 15.7. The fourth-order valence-corrected chi connectivity index (χ4v) is 2.69. The van der Waals surface area contributed by atoms with Crippen molar-refractivity contribution in [2.75, 3.05) is 31.6 Å². The van der Waals surface area contributed by atoms with Crippen LogP contribution in [0.5, 0.6) is 0 Å². The summed E-state index contributed by atoms with van der Waals surface area (Å²) in [6.45, 7) is 2.36. The van der Waals surface area contributed by atoms with Crippen LogP contribution in [0.2, 0.25) is 0 Å². The molecule has 0 saturated carbocycles. The minimum atomic E-state index is -4.29. The van der Waals surface area contributed by atoms with Gasteiger partial charge in [-0.05, 0) is 43.0 Å². The molecular formula is C15H19F3N2O. The Kier molecular flexibility index (Phi) is 4.75. The van der Waals surface area contributed by atoms with Crippen LogP contribution >= 0.6 is 0 Å². The van der Waals surface area contributed by atoms with Crippen LogP contribution in [0.1, 0.15) is 18.4 Å². The van der Waals surface area contributed by atoms with Crippen LogP contribution in [0.15, 0.2) is 24.3 Å². The number of carbonyl (C=O) groups is 1. The van der Waals surface area contributed by atoms with E-state index >= 15 is 0 Å². The van der Waals surface area contributed by atoms with Gasteiger partial charge < -0.3 is 9.80 Å². The predicted molar refractivity (Wildman–Crippen MR) is 75.1 cm³/mol. The number of carbonyl (C=O) groups excluding carboxylic acids is 1. The predicted octanol–water partition coefficient (Wildman–Crippen LogP) is 3.01. The standard InChI is InChI=1S/C15H19F3N2O/c1-19(11-21)10-12-6-8-20(9-7-12)14-4-2-13(3-5-14)15(16,17)18/h2-5,11-12H,6-10H2,1H3. The SMILES string of the molecule is CN(C=O)CC1CCN(c2ccc(C(F)(F)F)cc2)CC1. The van der Waals surface area contributed by atoms with Gasteiger partial charge in [-0.1, -0.05) is 0 Å². The Morgan fingerprint density at radius 2 is 1.81 bits per heavy atom. The molecule has 0 bridgehead atoms. The Morgan fingerprint density at radius 3 is 2.29 bits per heavy atom. The van der Waals surface area contributed by atoms with E-state index in [0.29, 0.717) is 5.92 Å². The molecule has 1 saturated heterocycles. The second kappa shape index (κ2) is 6.37. The van der Waals surface area contributed by atoms with E-state index in [0.717, 1.165) is 56.7 Å². The highest BCUT2D eigenvalue weighted by Gasteiger charge is 2.30. The molecule has 0 N–H and O–H groups in total. The van der Waals surface area contributed by atoms with Crippen LogP contribution in [0.3, 0.4) is 0 Å². The van der Waals surface area contributed by atoms with Crippen molar-refractivity contribution < 1.29 is 18.0 Å². The molecule has 6 heteroatoms. The van der Waals surface area contributed by atoms with E-state index in [4.69, 9.17) is 0 Å². The van der Waals surface area contributed by atoms with Gasteiger partial charge in [0.15, 0.2) is 0 Å². The normalized spacial score (nSPS) is 16.9. The molecule has 1 aliphatic heterocycles. The van der Waals surface area contributed by atoms with E-state index in [-0.39, 0.29) is 0 Å². The summed E-state index contributed by atoms with van der Waals surface area (Å²) in [6, 6.07) is 5.31. The molecular weight excluding hydrogens is 281 g/mol. The summed E-state index contributed by atoms with van der Waals surface area (Å²) in [5, 5.41) is 0. The second-order valence-corrected chi connectivity index (χ2v) is 5.52. The minimum Gasteiger partial charge on any atom is -0.372 e. The highest BCUT2D eigenvalue weighted by atomic mass is 19.4. The molecule has 1 amide bonds. The number of benzene rings is 1. The van der Waals surface area contributed by atoms with Crippen LogP contribution in [-0.4, -0.2) is 38.0 Å². The highest BCUT2D eigenvalue weighted by molar-refractivity contribution is 5.48. The molecule has 1 aliphatic rings. The third-order valence-electron chi connectivity index (χ3n) is 3.90. The molecule has 1 aromatic rings. The van der Waals surface area contributed by atoms with Crippen LogP contribution in [0.4, 0.5) is 18.9 Å². The Bertz CT molecular complexity index is 465. The molecule has 0 aromatic heterocycles. The number of rotatable bonds is 4. The van der Waals surface area contributed by atoms with Gasteiger partial charge in [0.05, 0.1) is 5.56 Å². The lowest BCUT2D eigenvalue weighted by molar-refractivity contribution is -0.137. The van der Waals surface area contributed by atoms with Crippen molar-refractivity contribution in [3.05, 3.63) is 29.8 Å². The second-order valence-electron chi connectivity index (χ2n) is 5.52. The number of anilines is 1. The van der Waals surface area contributed by atoms with Gasteiger partial charge in [-0.3, -0.25) is 4.79 Å². The van der Waals surface area contributed by atoms with Gasteiger partial charge in [0.2, 0.25) is 6.41 Å². The molecule has 0 aliphatic carbocycles. The molecule has 1 aromatic carbocycles. The van der Waals surface area contributed by atoms with Gasteiger partial charge in [-0.15, -0.1) is 0 Å². The summed E-state index contributed by atoms with van der Waals surface area (Å²) in [4.78, 5) is 14.3. The summed E-state index contributed by atoms with van der Waals surface area (Å²) in [6.07, 6.45) is -1.58. The van der Waals surface area contributed by atoms with Crippen LogP contribution < -0.4 is 4.90 Å². The lowest BCUT2D eigenvalue weighted by Crippen LogP contribution is -2.37. The van der Waals surface area contributed by atoms with E-state index in [1.807, 2.05) is 0 Å². The van der Waals surface area contributed by atoms with Crippen molar-refractivity contribution in [3.63, 3.8) is 0 Å². The van der Waals surface area contributed by atoms with E-state index in [2.05, 4.69) is 4.90 Å². The van der Waals surface area contributed by atoms with Gasteiger partial charge in [-0.25, -0.2) is 0 Å². The topological polar surface area (TPSA) is 23.6 Å². The maximum Gasteiger partial charge on any atom is 0.416 e. The van der Waals surface area contributed by atoms with E-state index in [1.54, 1.807) is 11.9 Å². The fraction of sp³-hybridized carbons (Fsp3) is 0.533. The third-order valence-corrected chi connectivity index (χ3v) is 3.90. The maximum atomic E-state index is 12.5. The summed E-state index contributed by atoms with van der Waals surface area (Å²) in [5.41, 5.74) is 0.207. The molecule has 116 valence electrons. The quantitative estimate of drug-likeness (QED) is 0.798. The van der Waals surface area contributed by atoms with E-state index in [1.165, 1.54) is 12.1 Å². The number of piperidine rings is 1. The molecule has 0 radical (unpaired) electrons. The smallest absolute Gasteiger partial charge is 0.372 e. The average Bonchev–Trinajstić information content (AvgIpc) is 2.47. The van der Waals surface area contributed by atoms with Crippen molar-refractivity contribution >= 4 is 12.1 Å². The third kappa shape index (κ3) is 4.12. The first-order valence-corrected chi connectivity index (χ1v) is 6.98. The lowest BCUT2D eigenvalue weighted by Gasteiger charge is -2.34. The van der Waals surface area contributed by atoms with E-state index in [9.17, 15) is 18.0 Å². The van der Waals surface area contributed by atoms with Gasteiger partial charge >= 0.3 is 6.18 Å². The Balaban J connectivity index is 1.92. The van der Waals surface area contributed by atoms with Gasteiger partial charge in [-0.2, -0.15) is 13.2 Å². The monoisotopic (exact) mass is 300 g/mol. The Hall–Kier alpha value is -1.72. The van der Waals surface area contributed by atoms with Crippen LogP contribution in [-0.2, 0) is 11.0 Å². The van der Waals surface area contributed by atoms with Gasteiger partial charge in [0, 0.05) is 32.4 Å². The number of hydrogen-bond donors (Lipinski definition) is 0. The lowest BCUT2D eigenvalue weighted by atomic mass is 9.96. The van der Waals surface area contributed by atoms with Gasteiger partial charge in [0.1, 0.15) is 0 Å². The maximum absolute atomic E-state index is 12.5. The fourth-order valence-electron chi connectivity index (χ4n) is 2.69. The first-order valence-electron chi connectivity index (χ1n) is 6.98. The molecule has 1 fully saturated rings. The Morgan fingerprint density at radius 1 is 1.24 bits per heavy atom. The number of alkyl halides is 3. The van der Waals surface area contributed by atoms with Crippen LogP contribution in [0.25, 0.3) is 0 Å². The molecule has 3 nitrogen and oxygen atoms in total.